The van der Waals surface area contributed by atoms with E-state index in [1.54, 1.807) is 30.3 Å². The van der Waals surface area contributed by atoms with Gasteiger partial charge < -0.3 is 14.2 Å². The Morgan fingerprint density at radius 1 is 0.973 bits per heavy atom. The molecular formula is C25H18IN3O8. The van der Waals surface area contributed by atoms with E-state index in [2.05, 4.69) is 27.6 Å². The van der Waals surface area contributed by atoms with Crippen molar-refractivity contribution < 1.29 is 28.9 Å². The molecule has 1 heterocycles. The number of nitrogens with zero attached hydrogens (tertiary/aromatic N) is 3. The number of cyclic esters (lactones) is 1. The fourth-order valence-corrected chi connectivity index (χ4v) is 4.14. The number of non-ortho nitro benzene ring substituents is 2. The minimum absolute atomic E-state index is 0.00411. The van der Waals surface area contributed by atoms with E-state index in [0.717, 1.165) is 5.56 Å². The number of esters is 1. The number of ether oxygens (including phenoxy) is 3. The highest BCUT2D eigenvalue weighted by molar-refractivity contribution is 14.1. The summed E-state index contributed by atoms with van der Waals surface area (Å²) in [5.41, 5.74) is 1.77. The van der Waals surface area contributed by atoms with Crippen LogP contribution in [-0.2, 0) is 16.1 Å². The number of hydrogen-bond donors (Lipinski definition) is 0. The monoisotopic (exact) mass is 615 g/mol. The van der Waals surface area contributed by atoms with Crippen LogP contribution in [-0.4, -0.2) is 28.3 Å². The summed E-state index contributed by atoms with van der Waals surface area (Å²) >= 11 is 2.09. The normalized spacial score (nSPS) is 13.7. The molecule has 0 atom stereocenters. The number of aliphatic imine (C=N–C) groups is 1. The van der Waals surface area contributed by atoms with Gasteiger partial charge in [-0.1, -0.05) is 0 Å². The van der Waals surface area contributed by atoms with E-state index in [4.69, 9.17) is 14.2 Å². The van der Waals surface area contributed by atoms with Gasteiger partial charge in [-0.15, -0.1) is 0 Å². The van der Waals surface area contributed by atoms with Gasteiger partial charge in [-0.05, 0) is 83.1 Å². The highest BCUT2D eigenvalue weighted by atomic mass is 127. The lowest BCUT2D eigenvalue weighted by Gasteiger charge is -2.15. The Balaban J connectivity index is 1.57. The highest BCUT2D eigenvalue weighted by Gasteiger charge is 2.25. The molecular weight excluding hydrogens is 597 g/mol. The maximum absolute atomic E-state index is 12.4. The van der Waals surface area contributed by atoms with Crippen LogP contribution in [0.15, 0.2) is 71.4 Å². The summed E-state index contributed by atoms with van der Waals surface area (Å²) in [5, 5.41) is 21.7. The quantitative estimate of drug-likeness (QED) is 0.102. The molecule has 3 aromatic carbocycles. The zero-order valence-corrected chi connectivity index (χ0v) is 21.4. The number of hydrogen-bond acceptors (Lipinski definition) is 9. The molecule has 0 radical (unpaired) electrons. The second kappa shape index (κ2) is 11.2. The highest BCUT2D eigenvalue weighted by Crippen LogP contribution is 2.36. The molecule has 0 aliphatic carbocycles. The Bertz CT molecular complexity index is 1430. The molecule has 0 N–H and O–H groups in total. The van der Waals surface area contributed by atoms with Crippen molar-refractivity contribution in [1.82, 2.24) is 0 Å². The van der Waals surface area contributed by atoms with Crippen molar-refractivity contribution in [2.24, 2.45) is 4.99 Å². The van der Waals surface area contributed by atoms with Crippen molar-refractivity contribution in [2.45, 2.75) is 13.5 Å². The summed E-state index contributed by atoms with van der Waals surface area (Å²) < 4.78 is 17.7. The minimum atomic E-state index is -0.653. The topological polar surface area (TPSA) is 143 Å². The van der Waals surface area contributed by atoms with Crippen molar-refractivity contribution in [3.8, 4) is 11.5 Å². The molecule has 11 nitrogen and oxygen atoms in total. The molecule has 0 fully saturated rings. The molecule has 1 aliphatic heterocycles. The van der Waals surface area contributed by atoms with Crippen LogP contribution in [0, 0.1) is 23.8 Å². The van der Waals surface area contributed by atoms with E-state index in [0.29, 0.717) is 32.8 Å². The third-order valence-electron chi connectivity index (χ3n) is 5.11. The Hall–Kier alpha value is -4.33. The van der Waals surface area contributed by atoms with Crippen LogP contribution in [0.2, 0.25) is 0 Å². The van der Waals surface area contributed by atoms with Crippen LogP contribution < -0.4 is 9.47 Å². The summed E-state index contributed by atoms with van der Waals surface area (Å²) in [7, 11) is 0. The molecule has 4 rings (SSSR count). The average molecular weight is 615 g/mol. The number of carbonyl (C=O) groups excluding carboxylic acids is 1. The predicted molar refractivity (Wildman–Crippen MR) is 141 cm³/mol. The molecule has 12 heteroatoms. The molecule has 37 heavy (non-hydrogen) atoms. The van der Waals surface area contributed by atoms with Crippen molar-refractivity contribution in [2.75, 3.05) is 6.61 Å². The molecule has 0 bridgehead atoms. The van der Waals surface area contributed by atoms with Gasteiger partial charge in [0.05, 0.1) is 20.0 Å². The molecule has 0 amide bonds. The largest absolute Gasteiger partial charge is 0.490 e. The molecule has 0 spiro atoms. The predicted octanol–water partition coefficient (Wildman–Crippen LogP) is 5.43. The van der Waals surface area contributed by atoms with Gasteiger partial charge in [-0.3, -0.25) is 20.2 Å². The maximum Gasteiger partial charge on any atom is 0.363 e. The van der Waals surface area contributed by atoms with Crippen molar-refractivity contribution >= 4 is 51.9 Å². The number of halogens is 1. The van der Waals surface area contributed by atoms with E-state index < -0.39 is 15.8 Å². The fourth-order valence-electron chi connectivity index (χ4n) is 3.36. The molecule has 0 aromatic heterocycles. The van der Waals surface area contributed by atoms with Crippen LogP contribution in [0.5, 0.6) is 11.5 Å². The lowest BCUT2D eigenvalue weighted by atomic mass is 10.1. The van der Waals surface area contributed by atoms with Crippen LogP contribution in [0.25, 0.3) is 6.08 Å². The summed E-state index contributed by atoms with van der Waals surface area (Å²) in [5.74, 6) is 0.342. The molecule has 0 saturated carbocycles. The summed E-state index contributed by atoms with van der Waals surface area (Å²) in [6.07, 6.45) is 1.55. The van der Waals surface area contributed by atoms with Crippen molar-refractivity contribution in [1.29, 1.82) is 0 Å². The van der Waals surface area contributed by atoms with Gasteiger partial charge in [0, 0.05) is 29.8 Å². The first-order valence-corrected chi connectivity index (χ1v) is 11.9. The van der Waals surface area contributed by atoms with Gasteiger partial charge in [0.2, 0.25) is 5.90 Å². The number of rotatable bonds is 9. The third-order valence-corrected chi connectivity index (χ3v) is 5.91. The molecule has 3 aromatic rings. The zero-order chi connectivity index (χ0) is 26.5. The first kappa shape index (κ1) is 25.8. The third kappa shape index (κ3) is 6.09. The number of nitro groups is 2. The average Bonchev–Trinajstić information content (AvgIpc) is 3.24. The summed E-state index contributed by atoms with van der Waals surface area (Å²) in [4.78, 5) is 37.4. The van der Waals surface area contributed by atoms with E-state index in [9.17, 15) is 25.0 Å². The van der Waals surface area contributed by atoms with Gasteiger partial charge in [0.1, 0.15) is 6.61 Å². The Morgan fingerprint density at radius 2 is 1.59 bits per heavy atom. The van der Waals surface area contributed by atoms with Crippen molar-refractivity contribution in [3.05, 3.63) is 107 Å². The van der Waals surface area contributed by atoms with Gasteiger partial charge in [-0.25, -0.2) is 9.79 Å². The van der Waals surface area contributed by atoms with Gasteiger partial charge in [0.25, 0.3) is 11.4 Å². The van der Waals surface area contributed by atoms with E-state index in [-0.39, 0.29) is 29.6 Å². The van der Waals surface area contributed by atoms with Crippen LogP contribution in [0.4, 0.5) is 11.4 Å². The number of nitro benzene ring substituents is 2. The van der Waals surface area contributed by atoms with E-state index >= 15 is 0 Å². The lowest BCUT2D eigenvalue weighted by molar-refractivity contribution is -0.385. The van der Waals surface area contributed by atoms with Crippen LogP contribution in [0.3, 0.4) is 0 Å². The van der Waals surface area contributed by atoms with Gasteiger partial charge in [-0.2, -0.15) is 0 Å². The minimum Gasteiger partial charge on any atom is -0.490 e. The molecule has 1 aliphatic rings. The van der Waals surface area contributed by atoms with E-state index in [1.807, 2.05) is 6.92 Å². The molecule has 0 unspecified atom stereocenters. The van der Waals surface area contributed by atoms with Gasteiger partial charge >= 0.3 is 5.97 Å². The molecule has 188 valence electrons. The summed E-state index contributed by atoms with van der Waals surface area (Å²) in [6.45, 7) is 2.37. The van der Waals surface area contributed by atoms with Crippen molar-refractivity contribution in [3.63, 3.8) is 0 Å². The second-order valence-electron chi connectivity index (χ2n) is 7.62. The molecule has 0 saturated heterocycles. The second-order valence-corrected chi connectivity index (χ2v) is 8.78. The maximum atomic E-state index is 12.4. The van der Waals surface area contributed by atoms with Crippen LogP contribution in [0.1, 0.15) is 23.6 Å². The Morgan fingerprint density at radius 3 is 2.19 bits per heavy atom. The first-order valence-electron chi connectivity index (χ1n) is 10.8. The SMILES string of the molecule is CCOc1cc(/C=C2\N=C(c3ccc([N+](=O)[O-])cc3)OC2=O)cc(I)c1OCc1ccc([N+](=O)[O-])cc1. The van der Waals surface area contributed by atoms with E-state index in [1.165, 1.54) is 36.4 Å². The standard InChI is InChI=1S/C25H18IN3O8/c1-2-35-22-13-16(11-20(26)23(22)36-14-15-3-7-18(8-4-15)28(31)32)12-21-25(30)37-24(27-21)17-5-9-19(10-6-17)29(33)34/h3-13H,2,14H2,1H3/b21-12-. The fraction of sp³-hybridized carbons (Fsp3) is 0.120. The smallest absolute Gasteiger partial charge is 0.363 e. The lowest BCUT2D eigenvalue weighted by Crippen LogP contribution is -2.05. The summed E-state index contributed by atoms with van der Waals surface area (Å²) in [6, 6.07) is 15.1. The number of carbonyl (C=O) groups is 1. The Kier molecular flexibility index (Phi) is 7.77. The first-order chi connectivity index (χ1) is 17.7. The number of benzene rings is 3. The Labute approximate surface area is 223 Å². The zero-order valence-electron chi connectivity index (χ0n) is 19.3. The van der Waals surface area contributed by atoms with Gasteiger partial charge in [0.15, 0.2) is 17.2 Å². The van der Waals surface area contributed by atoms with Crippen LogP contribution >= 0.6 is 22.6 Å².